The molecule has 0 radical (unpaired) electrons. The molecule has 1 saturated heterocycles. The number of benzene rings is 1. The molecule has 0 spiro atoms. The van der Waals surface area contributed by atoms with Crippen LogP contribution in [-0.4, -0.2) is 58.8 Å². The van der Waals surface area contributed by atoms with Crippen LogP contribution in [-0.2, 0) is 4.79 Å². The Morgan fingerprint density at radius 1 is 1.00 bits per heavy atom. The van der Waals surface area contributed by atoms with E-state index in [1.165, 1.54) is 12.1 Å². The summed E-state index contributed by atoms with van der Waals surface area (Å²) in [5, 5.41) is 0. The number of piperazine rings is 1. The number of aromatic nitrogens is 1. The van der Waals surface area contributed by atoms with E-state index in [2.05, 4.69) is 25.7 Å². The van der Waals surface area contributed by atoms with Crippen LogP contribution in [0.2, 0.25) is 0 Å². The number of hydrogen-bond donors (Lipinski definition) is 0. The first-order valence-corrected chi connectivity index (χ1v) is 10.5. The third-order valence-electron chi connectivity index (χ3n) is 5.59. The Balaban J connectivity index is 1.63. The van der Waals surface area contributed by atoms with Gasteiger partial charge in [-0.3, -0.25) is 14.5 Å². The Hall–Kier alpha value is -2.47. The average molecular weight is 414 g/mol. The second-order valence-corrected chi connectivity index (χ2v) is 9.41. The summed E-state index contributed by atoms with van der Waals surface area (Å²) in [5.41, 5.74) is 3.33. The third-order valence-corrected chi connectivity index (χ3v) is 5.59. The summed E-state index contributed by atoms with van der Waals surface area (Å²) in [4.78, 5) is 29.4. The van der Waals surface area contributed by atoms with Gasteiger partial charge in [0, 0.05) is 55.2 Å². The average Bonchev–Trinajstić information content (AvgIpc) is 2.96. The highest BCUT2D eigenvalue weighted by Gasteiger charge is 2.26. The van der Waals surface area contributed by atoms with Crippen LogP contribution >= 0.6 is 0 Å². The molecule has 3 rings (SSSR count). The monoisotopic (exact) mass is 413 g/mol. The molecule has 0 aliphatic carbocycles. The number of Topliss-reactive ketones (excluding diaryl/α,β-unsaturated/α-hetero) is 1. The van der Waals surface area contributed by atoms with Gasteiger partial charge in [-0.15, -0.1) is 0 Å². The first-order valence-electron chi connectivity index (χ1n) is 10.5. The molecular formula is C24H32FN3O2. The Labute approximate surface area is 178 Å². The van der Waals surface area contributed by atoms with Crippen LogP contribution in [0.4, 0.5) is 4.39 Å². The smallest absolute Gasteiger partial charge is 0.223 e. The minimum absolute atomic E-state index is 0.0166. The number of aryl methyl sites for hydroxylation is 1. The zero-order chi connectivity index (χ0) is 22.1. The van der Waals surface area contributed by atoms with Gasteiger partial charge in [0.2, 0.25) is 5.91 Å². The topological polar surface area (TPSA) is 45.6 Å². The molecule has 1 aliphatic rings. The van der Waals surface area contributed by atoms with E-state index in [0.29, 0.717) is 44.7 Å². The maximum atomic E-state index is 13.3. The van der Waals surface area contributed by atoms with Gasteiger partial charge in [-0.25, -0.2) is 4.39 Å². The number of carbonyl (C=O) groups is 2. The molecule has 162 valence electrons. The summed E-state index contributed by atoms with van der Waals surface area (Å²) in [5.74, 6) is -0.0140. The minimum atomic E-state index is -0.280. The molecule has 1 aliphatic heterocycles. The molecule has 0 N–H and O–H groups in total. The highest BCUT2D eigenvalue weighted by atomic mass is 19.1. The van der Waals surface area contributed by atoms with Crippen molar-refractivity contribution < 1.29 is 14.0 Å². The predicted molar refractivity (Wildman–Crippen MR) is 117 cm³/mol. The molecule has 2 heterocycles. The molecule has 30 heavy (non-hydrogen) atoms. The van der Waals surface area contributed by atoms with Gasteiger partial charge in [0.15, 0.2) is 5.78 Å². The quantitative estimate of drug-likeness (QED) is 0.696. The van der Waals surface area contributed by atoms with E-state index in [1.807, 2.05) is 29.4 Å². The van der Waals surface area contributed by atoms with E-state index >= 15 is 0 Å². The summed E-state index contributed by atoms with van der Waals surface area (Å²) in [6, 6.07) is 8.20. The highest BCUT2D eigenvalue weighted by molar-refractivity contribution is 5.99. The van der Waals surface area contributed by atoms with Crippen molar-refractivity contribution >= 4 is 11.7 Å². The van der Waals surface area contributed by atoms with Crippen LogP contribution in [0.25, 0.3) is 5.69 Å². The van der Waals surface area contributed by atoms with Gasteiger partial charge in [0.05, 0.1) is 6.54 Å². The van der Waals surface area contributed by atoms with Crippen molar-refractivity contribution in [2.75, 3.05) is 32.7 Å². The zero-order valence-corrected chi connectivity index (χ0v) is 18.7. The maximum absolute atomic E-state index is 13.3. The van der Waals surface area contributed by atoms with E-state index in [1.54, 1.807) is 12.1 Å². The summed E-state index contributed by atoms with van der Waals surface area (Å²) in [6.07, 6.45) is 0.543. The maximum Gasteiger partial charge on any atom is 0.223 e. The number of ketones is 1. The minimum Gasteiger partial charge on any atom is -0.340 e. The summed E-state index contributed by atoms with van der Waals surface area (Å²) in [6.45, 7) is 13.2. The molecular weight excluding hydrogens is 381 g/mol. The normalized spacial score (nSPS) is 15.5. The largest absolute Gasteiger partial charge is 0.340 e. The van der Waals surface area contributed by atoms with Crippen LogP contribution in [0.5, 0.6) is 0 Å². The van der Waals surface area contributed by atoms with Gasteiger partial charge >= 0.3 is 0 Å². The van der Waals surface area contributed by atoms with Crippen molar-refractivity contribution in [3.63, 3.8) is 0 Å². The summed E-state index contributed by atoms with van der Waals surface area (Å²) < 4.78 is 15.2. The van der Waals surface area contributed by atoms with Crippen molar-refractivity contribution in [2.45, 2.75) is 41.0 Å². The first kappa shape index (κ1) is 22.2. The first-order chi connectivity index (χ1) is 14.0. The Morgan fingerprint density at radius 3 is 2.17 bits per heavy atom. The van der Waals surface area contributed by atoms with Crippen molar-refractivity contribution in [3.05, 3.63) is 53.1 Å². The molecule has 1 aromatic carbocycles. The fourth-order valence-electron chi connectivity index (χ4n) is 4.04. The van der Waals surface area contributed by atoms with Crippen molar-refractivity contribution in [2.24, 2.45) is 5.41 Å². The van der Waals surface area contributed by atoms with E-state index in [-0.39, 0.29) is 22.9 Å². The molecule has 6 heteroatoms. The van der Waals surface area contributed by atoms with Crippen molar-refractivity contribution in [3.8, 4) is 5.69 Å². The summed E-state index contributed by atoms with van der Waals surface area (Å²) >= 11 is 0. The van der Waals surface area contributed by atoms with Crippen molar-refractivity contribution in [1.29, 1.82) is 0 Å². The van der Waals surface area contributed by atoms with Gasteiger partial charge in [0.25, 0.3) is 0 Å². The summed E-state index contributed by atoms with van der Waals surface area (Å²) in [7, 11) is 0. The van der Waals surface area contributed by atoms with Gasteiger partial charge in [0.1, 0.15) is 5.82 Å². The van der Waals surface area contributed by atoms with Crippen LogP contribution < -0.4 is 0 Å². The Kier molecular flexibility index (Phi) is 6.46. The standard InChI is InChI=1S/C24H32FN3O2/c1-17-14-21(18(2)28(17)20-8-6-19(25)7-9-20)22(29)16-26-10-12-27(13-11-26)23(30)15-24(3,4)5/h6-9,14H,10-13,15-16H2,1-5H3. The number of amides is 1. The van der Waals surface area contributed by atoms with E-state index in [4.69, 9.17) is 0 Å². The molecule has 1 aromatic heterocycles. The fourth-order valence-corrected chi connectivity index (χ4v) is 4.04. The second kappa shape index (κ2) is 8.72. The number of rotatable bonds is 5. The molecule has 2 aromatic rings. The lowest BCUT2D eigenvalue weighted by Gasteiger charge is -2.35. The third kappa shape index (κ3) is 5.17. The van der Waals surface area contributed by atoms with E-state index in [0.717, 1.165) is 17.1 Å². The number of nitrogens with zero attached hydrogens (tertiary/aromatic N) is 3. The van der Waals surface area contributed by atoms with Crippen LogP contribution in [0.3, 0.4) is 0 Å². The van der Waals surface area contributed by atoms with Crippen LogP contribution in [0.15, 0.2) is 30.3 Å². The van der Waals surface area contributed by atoms with Crippen LogP contribution in [0.1, 0.15) is 48.9 Å². The van der Waals surface area contributed by atoms with Gasteiger partial charge in [-0.2, -0.15) is 0 Å². The van der Waals surface area contributed by atoms with Gasteiger partial charge < -0.3 is 9.47 Å². The van der Waals surface area contributed by atoms with E-state index in [9.17, 15) is 14.0 Å². The SMILES string of the molecule is Cc1cc(C(=O)CN2CCN(C(=O)CC(C)(C)C)CC2)c(C)n1-c1ccc(F)cc1. The fraction of sp³-hybridized carbons (Fsp3) is 0.500. The van der Waals surface area contributed by atoms with E-state index < -0.39 is 0 Å². The number of hydrogen-bond acceptors (Lipinski definition) is 3. The van der Waals surface area contributed by atoms with Gasteiger partial charge in [-0.1, -0.05) is 20.8 Å². The molecule has 5 nitrogen and oxygen atoms in total. The zero-order valence-electron chi connectivity index (χ0n) is 18.7. The molecule has 0 bridgehead atoms. The Morgan fingerprint density at radius 2 is 1.60 bits per heavy atom. The number of carbonyl (C=O) groups excluding carboxylic acids is 2. The van der Waals surface area contributed by atoms with Crippen molar-refractivity contribution in [1.82, 2.24) is 14.4 Å². The molecule has 1 fully saturated rings. The highest BCUT2D eigenvalue weighted by Crippen LogP contribution is 2.23. The lowest BCUT2D eigenvalue weighted by Crippen LogP contribution is -2.50. The second-order valence-electron chi connectivity index (χ2n) is 9.41. The molecule has 0 saturated carbocycles. The van der Waals surface area contributed by atoms with Crippen LogP contribution in [0, 0.1) is 25.1 Å². The lowest BCUT2D eigenvalue weighted by molar-refractivity contribution is -0.134. The lowest BCUT2D eigenvalue weighted by atomic mass is 9.91. The molecule has 0 atom stereocenters. The molecule has 0 unspecified atom stereocenters. The van der Waals surface area contributed by atoms with Gasteiger partial charge in [-0.05, 0) is 49.6 Å². The Bertz CT molecular complexity index is 917. The predicted octanol–water partition coefficient (Wildman–Crippen LogP) is 4.00. The molecule has 1 amide bonds. The number of halogens is 1.